The van der Waals surface area contributed by atoms with Gasteiger partial charge in [-0.25, -0.2) is 4.68 Å². The maximum absolute atomic E-state index is 12.8. The van der Waals surface area contributed by atoms with Gasteiger partial charge in [-0.2, -0.15) is 19.9 Å². The van der Waals surface area contributed by atoms with Crippen LogP contribution in [0.3, 0.4) is 0 Å². The number of anilines is 1. The van der Waals surface area contributed by atoms with E-state index in [1.807, 2.05) is 56.3 Å². The van der Waals surface area contributed by atoms with Gasteiger partial charge in [0.25, 0.3) is 11.5 Å². The van der Waals surface area contributed by atoms with Crippen molar-refractivity contribution >= 4 is 22.8 Å². The van der Waals surface area contributed by atoms with Crippen molar-refractivity contribution in [3.8, 4) is 17.4 Å². The minimum atomic E-state index is -0.374. The second-order valence-corrected chi connectivity index (χ2v) is 8.26. The number of benzene rings is 2. The normalized spacial score (nSPS) is 11.1. The molecule has 0 radical (unpaired) electrons. The third kappa shape index (κ3) is 4.54. The number of carbonyl (C=O) groups is 1. The fourth-order valence-corrected chi connectivity index (χ4v) is 3.74. The summed E-state index contributed by atoms with van der Waals surface area (Å²) in [4.78, 5) is 32.8. The lowest BCUT2D eigenvalue weighted by atomic mass is 10.2. The third-order valence-electron chi connectivity index (χ3n) is 5.33. The lowest BCUT2D eigenvalue weighted by Crippen LogP contribution is -2.23. The van der Waals surface area contributed by atoms with Gasteiger partial charge in [0, 0.05) is 6.07 Å². The van der Waals surface area contributed by atoms with Crippen molar-refractivity contribution in [2.75, 3.05) is 11.9 Å². The Morgan fingerprint density at radius 2 is 1.80 bits per heavy atom. The molecule has 0 atom stereocenters. The minimum Gasteiger partial charge on any atom is -0.484 e. The summed E-state index contributed by atoms with van der Waals surface area (Å²) in [6.07, 6.45) is 1.48. The molecule has 0 spiro atoms. The van der Waals surface area contributed by atoms with E-state index in [-0.39, 0.29) is 24.0 Å². The van der Waals surface area contributed by atoms with Gasteiger partial charge in [0.1, 0.15) is 17.0 Å². The Morgan fingerprint density at radius 3 is 2.57 bits per heavy atom. The first-order valence-electron chi connectivity index (χ1n) is 11.0. The van der Waals surface area contributed by atoms with Crippen molar-refractivity contribution in [1.29, 1.82) is 0 Å². The van der Waals surface area contributed by atoms with Crippen LogP contribution >= 0.6 is 0 Å². The number of aryl methyl sites for hydroxylation is 3. The highest BCUT2D eigenvalue weighted by Gasteiger charge is 2.17. The molecule has 0 unspecified atom stereocenters. The summed E-state index contributed by atoms with van der Waals surface area (Å²) in [6.45, 7) is 5.52. The fourth-order valence-electron chi connectivity index (χ4n) is 3.74. The molecule has 10 heteroatoms. The molecular formula is C25H23N7O3. The molecule has 0 aliphatic heterocycles. The van der Waals surface area contributed by atoms with Crippen LogP contribution in [0.25, 0.3) is 22.7 Å². The Kier molecular flexibility index (Phi) is 5.61. The highest BCUT2D eigenvalue weighted by atomic mass is 16.5. The Morgan fingerprint density at radius 1 is 1.03 bits per heavy atom. The first-order valence-corrected chi connectivity index (χ1v) is 11.0. The maximum atomic E-state index is 12.8. The van der Waals surface area contributed by atoms with Gasteiger partial charge in [-0.1, -0.05) is 24.3 Å². The number of ether oxygens (including phenoxy) is 1. The van der Waals surface area contributed by atoms with Crippen LogP contribution < -0.4 is 15.6 Å². The molecule has 35 heavy (non-hydrogen) atoms. The Balaban J connectivity index is 1.46. The van der Waals surface area contributed by atoms with Crippen LogP contribution in [-0.4, -0.2) is 42.0 Å². The highest BCUT2D eigenvalue weighted by molar-refractivity contribution is 5.91. The number of aromatic amines is 1. The van der Waals surface area contributed by atoms with E-state index >= 15 is 0 Å². The molecule has 0 saturated carbocycles. The molecule has 5 rings (SSSR count). The lowest BCUT2D eigenvalue weighted by molar-refractivity contribution is -0.118. The van der Waals surface area contributed by atoms with Crippen molar-refractivity contribution < 1.29 is 9.53 Å². The smallest absolute Gasteiger partial charge is 0.263 e. The first-order chi connectivity index (χ1) is 16.9. The zero-order chi connectivity index (χ0) is 24.5. The summed E-state index contributed by atoms with van der Waals surface area (Å²) in [6, 6.07) is 16.9. The largest absolute Gasteiger partial charge is 0.484 e. The van der Waals surface area contributed by atoms with E-state index in [2.05, 4.69) is 25.5 Å². The standard InChI is InChI=1S/C25H23N7O3/c1-15-6-4-8-18(10-15)31-23-20(13-26-31)24(34)29-25(28-23)32-21(12-17(3)30-32)27-22(33)14-35-19-9-5-7-16(2)11-19/h4-13H,14H2,1-3H3,(H,27,33)(H,28,29,34). The van der Waals surface area contributed by atoms with Gasteiger partial charge in [-0.15, -0.1) is 0 Å². The van der Waals surface area contributed by atoms with Gasteiger partial charge in [-0.05, 0) is 56.2 Å². The summed E-state index contributed by atoms with van der Waals surface area (Å²) in [5, 5.41) is 11.9. The second kappa shape index (κ2) is 8.90. The van der Waals surface area contributed by atoms with Crippen LogP contribution in [-0.2, 0) is 4.79 Å². The van der Waals surface area contributed by atoms with Gasteiger partial charge >= 0.3 is 0 Å². The van der Waals surface area contributed by atoms with Crippen LogP contribution in [0, 0.1) is 20.8 Å². The Labute approximate surface area is 200 Å². The van der Waals surface area contributed by atoms with Gasteiger partial charge in [0.2, 0.25) is 5.95 Å². The molecule has 0 aliphatic rings. The van der Waals surface area contributed by atoms with E-state index in [0.29, 0.717) is 28.3 Å². The van der Waals surface area contributed by atoms with Crippen molar-refractivity contribution in [3.63, 3.8) is 0 Å². The molecule has 0 bridgehead atoms. The average Bonchev–Trinajstić information content (AvgIpc) is 3.41. The van der Waals surface area contributed by atoms with Crippen LogP contribution in [0.4, 0.5) is 5.82 Å². The van der Waals surface area contributed by atoms with E-state index < -0.39 is 0 Å². The SMILES string of the molecule is Cc1cccc(OCC(=O)Nc2cc(C)nn2-c2nc3c(cnn3-c3cccc(C)c3)c(=O)[nH]2)c1. The zero-order valence-electron chi connectivity index (χ0n) is 19.4. The van der Waals surface area contributed by atoms with E-state index in [1.54, 1.807) is 23.7 Å². The number of aromatic nitrogens is 6. The second-order valence-electron chi connectivity index (χ2n) is 8.26. The predicted octanol–water partition coefficient (Wildman–Crippen LogP) is 3.24. The van der Waals surface area contributed by atoms with Gasteiger partial charge in [0.15, 0.2) is 12.3 Å². The molecule has 5 aromatic rings. The molecule has 2 aromatic carbocycles. The molecule has 2 N–H and O–H groups in total. The molecule has 0 fully saturated rings. The third-order valence-corrected chi connectivity index (χ3v) is 5.33. The molecule has 3 heterocycles. The number of carbonyl (C=O) groups excluding carboxylic acids is 1. The molecule has 10 nitrogen and oxygen atoms in total. The summed E-state index contributed by atoms with van der Waals surface area (Å²) in [5.74, 6) is 0.732. The van der Waals surface area contributed by atoms with Crippen molar-refractivity contribution in [2.45, 2.75) is 20.8 Å². The first kappa shape index (κ1) is 22.1. The molecule has 1 amide bonds. The van der Waals surface area contributed by atoms with Crippen molar-refractivity contribution in [2.24, 2.45) is 0 Å². The van der Waals surface area contributed by atoms with Gasteiger partial charge in [-0.3, -0.25) is 14.6 Å². The number of amides is 1. The number of fused-ring (bicyclic) bond motifs is 1. The van der Waals surface area contributed by atoms with Crippen molar-refractivity contribution in [1.82, 2.24) is 29.5 Å². The molecular weight excluding hydrogens is 446 g/mol. The Hall–Kier alpha value is -4.73. The number of nitrogens with zero attached hydrogens (tertiary/aromatic N) is 5. The van der Waals surface area contributed by atoms with E-state index in [9.17, 15) is 9.59 Å². The number of nitrogens with one attached hydrogen (secondary N) is 2. The van der Waals surface area contributed by atoms with E-state index in [4.69, 9.17) is 4.74 Å². The summed E-state index contributed by atoms with van der Waals surface area (Å²) in [7, 11) is 0. The molecule has 0 saturated heterocycles. The molecule has 176 valence electrons. The number of hydrogen-bond acceptors (Lipinski definition) is 6. The lowest BCUT2D eigenvalue weighted by Gasteiger charge is -2.10. The zero-order valence-corrected chi connectivity index (χ0v) is 19.4. The Bertz CT molecular complexity index is 1610. The summed E-state index contributed by atoms with van der Waals surface area (Å²) in [5.41, 5.74) is 3.51. The minimum absolute atomic E-state index is 0.153. The monoisotopic (exact) mass is 469 g/mol. The molecule has 3 aromatic heterocycles. The average molecular weight is 470 g/mol. The van der Waals surface area contributed by atoms with Crippen LogP contribution in [0.5, 0.6) is 5.75 Å². The highest BCUT2D eigenvalue weighted by Crippen LogP contribution is 2.19. The van der Waals surface area contributed by atoms with Gasteiger partial charge < -0.3 is 10.1 Å². The fraction of sp³-hybridized carbons (Fsp3) is 0.160. The van der Waals surface area contributed by atoms with Gasteiger partial charge in [0.05, 0.1) is 17.6 Å². The van der Waals surface area contributed by atoms with Crippen LogP contribution in [0.15, 0.2) is 65.6 Å². The maximum Gasteiger partial charge on any atom is 0.263 e. The van der Waals surface area contributed by atoms with Crippen LogP contribution in [0.2, 0.25) is 0 Å². The van der Waals surface area contributed by atoms with Crippen molar-refractivity contribution in [3.05, 3.63) is 88.0 Å². The number of hydrogen-bond donors (Lipinski definition) is 2. The van der Waals surface area contributed by atoms with E-state index in [1.165, 1.54) is 10.9 Å². The summed E-state index contributed by atoms with van der Waals surface area (Å²) < 4.78 is 8.57. The summed E-state index contributed by atoms with van der Waals surface area (Å²) >= 11 is 0. The quantitative estimate of drug-likeness (QED) is 0.394. The molecule has 0 aliphatic carbocycles. The number of H-pyrrole nitrogens is 1. The number of rotatable bonds is 6. The van der Waals surface area contributed by atoms with Crippen LogP contribution in [0.1, 0.15) is 16.8 Å². The predicted molar refractivity (Wildman–Crippen MR) is 131 cm³/mol. The topological polar surface area (TPSA) is 120 Å². The van der Waals surface area contributed by atoms with E-state index in [0.717, 1.165) is 16.8 Å².